The van der Waals surface area contributed by atoms with E-state index in [0.29, 0.717) is 17.7 Å². The van der Waals surface area contributed by atoms with Gasteiger partial charge in [0.05, 0.1) is 0 Å². The van der Waals surface area contributed by atoms with Crippen molar-refractivity contribution in [2.75, 3.05) is 32.7 Å². The number of hydrogen-bond donors (Lipinski definition) is 0. The first-order valence-electron chi connectivity index (χ1n) is 7.63. The van der Waals surface area contributed by atoms with E-state index in [1.807, 2.05) is 0 Å². The van der Waals surface area contributed by atoms with Gasteiger partial charge in [-0.25, -0.2) is 0 Å². The first kappa shape index (κ1) is 13.9. The summed E-state index contributed by atoms with van der Waals surface area (Å²) in [5.41, 5.74) is 0. The van der Waals surface area contributed by atoms with E-state index < -0.39 is 0 Å². The van der Waals surface area contributed by atoms with Crippen molar-refractivity contribution in [1.82, 2.24) is 9.80 Å². The van der Waals surface area contributed by atoms with Gasteiger partial charge in [0.2, 0.25) is 5.91 Å². The van der Waals surface area contributed by atoms with Gasteiger partial charge in [-0.1, -0.05) is 20.8 Å². The maximum atomic E-state index is 12.5. The van der Waals surface area contributed by atoms with Gasteiger partial charge in [-0.15, -0.1) is 0 Å². The quantitative estimate of drug-likeness (QED) is 0.769. The number of hydrogen-bond acceptors (Lipinski definition) is 2. The molecule has 2 saturated heterocycles. The van der Waals surface area contributed by atoms with Crippen LogP contribution in [0.1, 0.15) is 40.0 Å². The second kappa shape index (κ2) is 6.05. The van der Waals surface area contributed by atoms with Crippen molar-refractivity contribution in [1.29, 1.82) is 0 Å². The Labute approximate surface area is 112 Å². The number of piperidine rings is 1. The second-order valence-corrected chi connectivity index (χ2v) is 6.29. The molecule has 0 N–H and O–H groups in total. The minimum Gasteiger partial charge on any atom is -0.342 e. The summed E-state index contributed by atoms with van der Waals surface area (Å²) in [6, 6.07) is 0. The molecule has 2 aliphatic heterocycles. The maximum Gasteiger partial charge on any atom is 0.225 e. The monoisotopic (exact) mass is 252 g/mol. The highest BCUT2D eigenvalue weighted by atomic mass is 16.2. The van der Waals surface area contributed by atoms with E-state index in [1.54, 1.807) is 0 Å². The first-order chi connectivity index (χ1) is 8.61. The molecule has 0 saturated carbocycles. The summed E-state index contributed by atoms with van der Waals surface area (Å²) in [5, 5.41) is 0. The van der Waals surface area contributed by atoms with Crippen LogP contribution in [0.15, 0.2) is 0 Å². The number of nitrogens with zero attached hydrogens (tertiary/aromatic N) is 2. The fraction of sp³-hybridized carbons (Fsp3) is 0.933. The molecule has 0 bridgehead atoms. The van der Waals surface area contributed by atoms with Gasteiger partial charge in [-0.2, -0.15) is 0 Å². The SMILES string of the molecule is CCN1CCC(C(=O)N2CCC(C(C)C)C2)CC1. The van der Waals surface area contributed by atoms with Gasteiger partial charge < -0.3 is 9.80 Å². The Kier molecular flexibility index (Phi) is 4.66. The highest BCUT2D eigenvalue weighted by molar-refractivity contribution is 5.79. The molecule has 1 atom stereocenters. The maximum absolute atomic E-state index is 12.5. The topological polar surface area (TPSA) is 23.6 Å². The number of amides is 1. The standard InChI is InChI=1S/C15H28N2O/c1-4-16-8-5-13(6-9-16)15(18)17-10-7-14(11-17)12(2)3/h12-14H,4-11H2,1-3H3. The molecule has 0 aromatic heterocycles. The van der Waals surface area contributed by atoms with Gasteiger partial charge in [0.1, 0.15) is 0 Å². The van der Waals surface area contributed by atoms with Crippen LogP contribution >= 0.6 is 0 Å². The van der Waals surface area contributed by atoms with Gasteiger partial charge in [-0.3, -0.25) is 4.79 Å². The molecule has 0 radical (unpaired) electrons. The zero-order valence-electron chi connectivity index (χ0n) is 12.2. The molecule has 0 aromatic rings. The van der Waals surface area contributed by atoms with E-state index in [1.165, 1.54) is 6.42 Å². The third kappa shape index (κ3) is 3.05. The summed E-state index contributed by atoms with van der Waals surface area (Å²) < 4.78 is 0. The van der Waals surface area contributed by atoms with Gasteiger partial charge in [0, 0.05) is 19.0 Å². The lowest BCUT2D eigenvalue weighted by atomic mass is 9.94. The fourth-order valence-electron chi connectivity index (χ4n) is 3.29. The number of likely N-dealkylation sites (tertiary alicyclic amines) is 2. The van der Waals surface area contributed by atoms with E-state index >= 15 is 0 Å². The van der Waals surface area contributed by atoms with Gasteiger partial charge in [0.25, 0.3) is 0 Å². The van der Waals surface area contributed by atoms with Crippen LogP contribution in [0.5, 0.6) is 0 Å². The Morgan fingerprint density at radius 2 is 1.83 bits per heavy atom. The van der Waals surface area contributed by atoms with Crippen molar-refractivity contribution in [3.05, 3.63) is 0 Å². The van der Waals surface area contributed by atoms with Gasteiger partial charge in [-0.05, 0) is 50.7 Å². The van der Waals surface area contributed by atoms with Crippen LogP contribution < -0.4 is 0 Å². The minimum absolute atomic E-state index is 0.304. The highest BCUT2D eigenvalue weighted by Gasteiger charge is 2.33. The van der Waals surface area contributed by atoms with Crippen molar-refractivity contribution >= 4 is 5.91 Å². The lowest BCUT2D eigenvalue weighted by Crippen LogP contribution is -2.41. The smallest absolute Gasteiger partial charge is 0.225 e. The minimum atomic E-state index is 0.304. The van der Waals surface area contributed by atoms with Crippen LogP contribution in [-0.2, 0) is 4.79 Å². The van der Waals surface area contributed by atoms with Crippen LogP contribution in [0.2, 0.25) is 0 Å². The molecule has 2 aliphatic rings. The van der Waals surface area contributed by atoms with Crippen molar-refractivity contribution in [2.24, 2.45) is 17.8 Å². The summed E-state index contributed by atoms with van der Waals surface area (Å²) in [7, 11) is 0. The molecule has 0 aromatic carbocycles. The molecule has 2 rings (SSSR count). The summed E-state index contributed by atoms with van der Waals surface area (Å²) in [5.74, 6) is 2.18. The van der Waals surface area contributed by atoms with Crippen LogP contribution in [0.25, 0.3) is 0 Å². The Bertz CT molecular complexity index is 282. The molecule has 104 valence electrons. The Morgan fingerprint density at radius 1 is 1.17 bits per heavy atom. The Balaban J connectivity index is 1.82. The van der Waals surface area contributed by atoms with Crippen LogP contribution in [0.4, 0.5) is 0 Å². The molecule has 0 spiro atoms. The molecule has 2 heterocycles. The lowest BCUT2D eigenvalue weighted by molar-refractivity contribution is -0.136. The largest absolute Gasteiger partial charge is 0.342 e. The first-order valence-corrected chi connectivity index (χ1v) is 7.63. The van der Waals surface area contributed by atoms with E-state index in [4.69, 9.17) is 0 Å². The highest BCUT2D eigenvalue weighted by Crippen LogP contribution is 2.27. The molecule has 2 fully saturated rings. The number of carbonyl (C=O) groups excluding carboxylic acids is 1. The third-order valence-electron chi connectivity index (χ3n) is 4.86. The average molecular weight is 252 g/mol. The summed E-state index contributed by atoms with van der Waals surface area (Å²) in [6.45, 7) is 12.1. The van der Waals surface area contributed by atoms with E-state index in [-0.39, 0.29) is 0 Å². The van der Waals surface area contributed by atoms with Crippen molar-refractivity contribution in [2.45, 2.75) is 40.0 Å². The van der Waals surface area contributed by atoms with Gasteiger partial charge >= 0.3 is 0 Å². The van der Waals surface area contributed by atoms with Crippen LogP contribution in [0, 0.1) is 17.8 Å². The van der Waals surface area contributed by atoms with Crippen molar-refractivity contribution < 1.29 is 4.79 Å². The third-order valence-corrected chi connectivity index (χ3v) is 4.86. The van der Waals surface area contributed by atoms with Crippen molar-refractivity contribution in [3.63, 3.8) is 0 Å². The molecule has 3 nitrogen and oxygen atoms in total. The molecule has 1 amide bonds. The Morgan fingerprint density at radius 3 is 2.33 bits per heavy atom. The zero-order chi connectivity index (χ0) is 13.1. The summed E-state index contributed by atoms with van der Waals surface area (Å²) in [4.78, 5) is 17.1. The summed E-state index contributed by atoms with van der Waals surface area (Å²) >= 11 is 0. The predicted octanol–water partition coefficient (Wildman–Crippen LogP) is 2.22. The Hall–Kier alpha value is -0.570. The zero-order valence-corrected chi connectivity index (χ0v) is 12.2. The molecule has 3 heteroatoms. The molecule has 1 unspecified atom stereocenters. The average Bonchev–Trinajstić information content (AvgIpc) is 2.88. The van der Waals surface area contributed by atoms with Crippen LogP contribution in [-0.4, -0.2) is 48.4 Å². The van der Waals surface area contributed by atoms with Crippen LogP contribution in [0.3, 0.4) is 0 Å². The second-order valence-electron chi connectivity index (χ2n) is 6.29. The van der Waals surface area contributed by atoms with Crippen molar-refractivity contribution in [3.8, 4) is 0 Å². The molecular formula is C15H28N2O. The molecule has 18 heavy (non-hydrogen) atoms. The van der Waals surface area contributed by atoms with E-state index in [0.717, 1.165) is 51.5 Å². The normalized spacial score (nSPS) is 27.1. The lowest BCUT2D eigenvalue weighted by Gasteiger charge is -2.32. The van der Waals surface area contributed by atoms with E-state index in [9.17, 15) is 4.79 Å². The summed E-state index contributed by atoms with van der Waals surface area (Å²) in [6.07, 6.45) is 3.34. The van der Waals surface area contributed by atoms with E-state index in [2.05, 4.69) is 30.6 Å². The van der Waals surface area contributed by atoms with Gasteiger partial charge in [0.15, 0.2) is 0 Å². The number of carbonyl (C=O) groups is 1. The fourth-order valence-corrected chi connectivity index (χ4v) is 3.29. The predicted molar refractivity (Wildman–Crippen MR) is 74.4 cm³/mol. The molecule has 0 aliphatic carbocycles. The number of rotatable bonds is 3. The molecular weight excluding hydrogens is 224 g/mol.